The Morgan fingerprint density at radius 2 is 1.22 bits per heavy atom. The van der Waals surface area contributed by atoms with Gasteiger partial charge in [0.1, 0.15) is 10.8 Å². The van der Waals surface area contributed by atoms with Crippen molar-refractivity contribution in [3.63, 3.8) is 0 Å². The first-order chi connectivity index (χ1) is 23.9. The Kier molecular flexibility index (Phi) is 5.97. The Bertz CT molecular complexity index is 2900. The van der Waals surface area contributed by atoms with E-state index in [-0.39, 0.29) is 5.41 Å². The van der Waals surface area contributed by atoms with E-state index in [0.717, 1.165) is 44.1 Å². The third-order valence-electron chi connectivity index (χ3n) is 9.95. The number of hydrogen-bond acceptors (Lipinski definition) is 3. The van der Waals surface area contributed by atoms with Gasteiger partial charge < -0.3 is 4.57 Å². The molecule has 0 unspecified atom stereocenters. The van der Waals surface area contributed by atoms with E-state index < -0.39 is 0 Å². The minimum absolute atomic E-state index is 0.00173. The SMILES string of the molecule is CC(C)(C)c1ccnc(-n2c3ccccc3c3c4ccccc4c(-n4c5ccccc5c5ccc(-c6nc7ccccc7s6)cc54)cc32)c1. The number of nitrogens with zero attached hydrogens (tertiary/aromatic N) is 4. The van der Waals surface area contributed by atoms with Crippen LogP contribution in [0.3, 0.4) is 0 Å². The quantitative estimate of drug-likeness (QED) is 0.191. The van der Waals surface area contributed by atoms with Crippen LogP contribution in [0.1, 0.15) is 26.3 Å². The Labute approximate surface area is 287 Å². The van der Waals surface area contributed by atoms with Gasteiger partial charge in [-0.2, -0.15) is 0 Å². The highest BCUT2D eigenvalue weighted by molar-refractivity contribution is 7.21. The summed E-state index contributed by atoms with van der Waals surface area (Å²) in [5, 5.41) is 8.40. The molecule has 5 heteroatoms. The standard InChI is InChI=1S/C44H32N4S/c1-44(2,3)28-22-23-45-41(25-28)48-36-18-10-7-15-33(36)42-32-14-5-4-13-30(32)38(26-39(42)48)47-35-17-9-6-12-29(35)31-21-20-27(24-37(31)47)43-46-34-16-8-11-19-40(34)49-43/h4-26H,1-3H3. The number of thiazole rings is 1. The highest BCUT2D eigenvalue weighted by Gasteiger charge is 2.22. The molecule has 49 heavy (non-hydrogen) atoms. The predicted molar refractivity (Wildman–Crippen MR) is 208 cm³/mol. The summed E-state index contributed by atoms with van der Waals surface area (Å²) in [6.45, 7) is 6.78. The second kappa shape index (κ2) is 10.4. The summed E-state index contributed by atoms with van der Waals surface area (Å²) in [5.41, 5.74) is 9.20. The highest BCUT2D eigenvalue weighted by atomic mass is 32.1. The normalized spacial score (nSPS) is 12.4. The lowest BCUT2D eigenvalue weighted by Gasteiger charge is -2.20. The summed E-state index contributed by atoms with van der Waals surface area (Å²) in [6.07, 6.45) is 1.95. The summed E-state index contributed by atoms with van der Waals surface area (Å²) in [7, 11) is 0. The van der Waals surface area contributed by atoms with E-state index in [0.29, 0.717) is 0 Å². The number of fused-ring (bicyclic) bond motifs is 9. The summed E-state index contributed by atoms with van der Waals surface area (Å²) < 4.78 is 6.02. The van der Waals surface area contributed by atoms with Gasteiger partial charge in [-0.3, -0.25) is 4.57 Å². The molecule has 4 aromatic heterocycles. The summed E-state index contributed by atoms with van der Waals surface area (Å²) >= 11 is 1.75. The number of rotatable bonds is 3. The van der Waals surface area contributed by atoms with E-state index in [4.69, 9.17) is 9.97 Å². The molecule has 0 aliphatic heterocycles. The zero-order valence-electron chi connectivity index (χ0n) is 27.5. The van der Waals surface area contributed by atoms with E-state index in [2.05, 4.69) is 163 Å². The van der Waals surface area contributed by atoms with Crippen molar-refractivity contribution >= 4 is 75.9 Å². The molecule has 0 N–H and O–H groups in total. The van der Waals surface area contributed by atoms with E-state index in [1.54, 1.807) is 11.3 Å². The maximum absolute atomic E-state index is 5.03. The van der Waals surface area contributed by atoms with Crippen LogP contribution in [0.5, 0.6) is 0 Å². The van der Waals surface area contributed by atoms with E-state index in [1.165, 1.54) is 48.1 Å². The van der Waals surface area contributed by atoms with Crippen LogP contribution in [0.4, 0.5) is 0 Å². The third kappa shape index (κ3) is 4.22. The van der Waals surface area contributed by atoms with Crippen LogP contribution < -0.4 is 0 Å². The van der Waals surface area contributed by atoms with Crippen molar-refractivity contribution in [2.24, 2.45) is 0 Å². The highest BCUT2D eigenvalue weighted by Crippen LogP contribution is 2.43. The molecule has 0 bridgehead atoms. The van der Waals surface area contributed by atoms with Gasteiger partial charge in [0.05, 0.1) is 38.0 Å². The van der Waals surface area contributed by atoms with Gasteiger partial charge >= 0.3 is 0 Å². The van der Waals surface area contributed by atoms with Crippen LogP contribution in [0.15, 0.2) is 140 Å². The largest absolute Gasteiger partial charge is 0.309 e. The smallest absolute Gasteiger partial charge is 0.137 e. The Balaban J connectivity index is 1.33. The van der Waals surface area contributed by atoms with Crippen molar-refractivity contribution in [2.75, 3.05) is 0 Å². The second-order valence-corrected chi connectivity index (χ2v) is 14.9. The average molecular weight is 649 g/mol. The van der Waals surface area contributed by atoms with Gasteiger partial charge in [0.25, 0.3) is 0 Å². The van der Waals surface area contributed by atoms with Gasteiger partial charge in [0.2, 0.25) is 0 Å². The first-order valence-corrected chi connectivity index (χ1v) is 17.6. The van der Waals surface area contributed by atoms with Crippen molar-refractivity contribution < 1.29 is 0 Å². The van der Waals surface area contributed by atoms with Gasteiger partial charge in [0.15, 0.2) is 0 Å². The molecule has 10 rings (SSSR count). The second-order valence-electron chi connectivity index (χ2n) is 13.9. The van der Waals surface area contributed by atoms with Crippen molar-refractivity contribution in [1.82, 2.24) is 19.1 Å². The molecule has 0 aliphatic rings. The average Bonchev–Trinajstić information content (AvgIpc) is 3.81. The van der Waals surface area contributed by atoms with Crippen LogP contribution in [0.2, 0.25) is 0 Å². The van der Waals surface area contributed by atoms with Gasteiger partial charge in [-0.1, -0.05) is 106 Å². The minimum Gasteiger partial charge on any atom is -0.309 e. The summed E-state index contributed by atoms with van der Waals surface area (Å²) in [4.78, 5) is 10.0. The molecular formula is C44H32N4S. The van der Waals surface area contributed by atoms with Crippen LogP contribution in [0.25, 0.3) is 86.7 Å². The zero-order valence-corrected chi connectivity index (χ0v) is 28.3. The maximum atomic E-state index is 5.03. The van der Waals surface area contributed by atoms with Gasteiger partial charge in [0, 0.05) is 38.7 Å². The van der Waals surface area contributed by atoms with E-state index in [9.17, 15) is 0 Å². The molecule has 0 atom stereocenters. The number of pyridine rings is 1. The molecule has 4 nitrogen and oxygen atoms in total. The Morgan fingerprint density at radius 3 is 2.02 bits per heavy atom. The number of benzene rings is 6. The van der Waals surface area contributed by atoms with Gasteiger partial charge in [-0.15, -0.1) is 11.3 Å². The molecular weight excluding hydrogens is 617 g/mol. The van der Waals surface area contributed by atoms with Gasteiger partial charge in [-0.05, 0) is 64.9 Å². The van der Waals surface area contributed by atoms with Crippen molar-refractivity contribution in [2.45, 2.75) is 26.2 Å². The first-order valence-electron chi connectivity index (χ1n) is 16.8. The topological polar surface area (TPSA) is 35.6 Å². The zero-order chi connectivity index (χ0) is 32.9. The molecule has 0 radical (unpaired) electrons. The van der Waals surface area contributed by atoms with Crippen LogP contribution in [-0.2, 0) is 5.41 Å². The molecule has 6 aromatic carbocycles. The molecule has 0 aliphatic carbocycles. The monoisotopic (exact) mass is 648 g/mol. The van der Waals surface area contributed by atoms with Crippen molar-refractivity contribution in [1.29, 1.82) is 0 Å². The maximum Gasteiger partial charge on any atom is 0.137 e. The molecule has 0 saturated heterocycles. The number of hydrogen-bond donors (Lipinski definition) is 0. The van der Waals surface area contributed by atoms with Crippen molar-refractivity contribution in [3.05, 3.63) is 145 Å². The Morgan fingerprint density at radius 1 is 0.551 bits per heavy atom. The molecule has 0 saturated carbocycles. The summed E-state index contributed by atoms with van der Waals surface area (Å²) in [5.74, 6) is 0.931. The van der Waals surface area contributed by atoms with Crippen LogP contribution in [0, 0.1) is 0 Å². The fourth-order valence-electron chi connectivity index (χ4n) is 7.61. The van der Waals surface area contributed by atoms with E-state index >= 15 is 0 Å². The lowest BCUT2D eigenvalue weighted by atomic mass is 9.88. The third-order valence-corrected chi connectivity index (χ3v) is 11.0. The molecule has 4 heterocycles. The minimum atomic E-state index is -0.00173. The van der Waals surface area contributed by atoms with Crippen LogP contribution in [-0.4, -0.2) is 19.1 Å². The van der Waals surface area contributed by atoms with Crippen LogP contribution >= 0.6 is 11.3 Å². The van der Waals surface area contributed by atoms with Gasteiger partial charge in [-0.25, -0.2) is 9.97 Å². The molecule has 0 amide bonds. The Hall–Kier alpha value is -5.78. The summed E-state index contributed by atoms with van der Waals surface area (Å²) in [6, 6.07) is 48.4. The van der Waals surface area contributed by atoms with Crippen molar-refractivity contribution in [3.8, 4) is 22.1 Å². The molecule has 0 spiro atoms. The predicted octanol–water partition coefficient (Wildman–Crippen LogP) is 12.0. The number of aromatic nitrogens is 4. The lowest BCUT2D eigenvalue weighted by molar-refractivity contribution is 0.588. The molecule has 234 valence electrons. The fourth-order valence-corrected chi connectivity index (χ4v) is 8.57. The number of para-hydroxylation sites is 3. The van der Waals surface area contributed by atoms with E-state index in [1.807, 2.05) is 6.20 Å². The fraction of sp³-hybridized carbons (Fsp3) is 0.0909. The molecule has 10 aromatic rings. The molecule has 0 fully saturated rings. The first kappa shape index (κ1) is 28.3. The lowest BCUT2D eigenvalue weighted by Crippen LogP contribution is -2.12.